The Hall–Kier alpha value is -1.52. The van der Waals surface area contributed by atoms with E-state index in [1.165, 1.54) is 4.68 Å². The first-order valence-electron chi connectivity index (χ1n) is 5.20. The molecule has 0 aliphatic rings. The van der Waals surface area contributed by atoms with E-state index in [-0.39, 0.29) is 19.1 Å². The largest absolute Gasteiger partial charge is 0.464 e. The summed E-state index contributed by atoms with van der Waals surface area (Å²) in [5.41, 5.74) is 0.792. The number of halogens is 1. The number of aromatic nitrogens is 6. The zero-order chi connectivity index (χ0) is 13.0. The molecule has 2 rings (SSSR count). The highest BCUT2D eigenvalue weighted by atomic mass is 127. The van der Waals surface area contributed by atoms with Crippen molar-refractivity contribution in [3.63, 3.8) is 0 Å². The van der Waals surface area contributed by atoms with Crippen LogP contribution in [-0.4, -0.2) is 42.6 Å². The Kier molecular flexibility index (Phi) is 4.23. The molecule has 0 aromatic carbocycles. The molecule has 0 spiro atoms. The van der Waals surface area contributed by atoms with Crippen LogP contribution in [0.2, 0.25) is 0 Å². The molecule has 2 aromatic heterocycles. The fraction of sp³-hybridized carbons (Fsp3) is 0.444. The van der Waals surface area contributed by atoms with E-state index in [9.17, 15) is 4.79 Å². The van der Waals surface area contributed by atoms with Crippen molar-refractivity contribution in [3.8, 4) is 0 Å². The second-order valence-corrected chi connectivity index (χ2v) is 4.70. The highest BCUT2D eigenvalue weighted by molar-refractivity contribution is 14.1. The van der Waals surface area contributed by atoms with E-state index in [1.54, 1.807) is 24.1 Å². The van der Waals surface area contributed by atoms with Gasteiger partial charge in [-0.05, 0) is 22.6 Å². The Bertz CT molecular complexity index is 537. The Morgan fingerprint density at radius 1 is 1.39 bits per heavy atom. The number of hydrogen-bond donors (Lipinski definition) is 0. The summed E-state index contributed by atoms with van der Waals surface area (Å²) >= 11 is 2.02. The topological polar surface area (TPSA) is 87.7 Å². The molecule has 8 nitrogen and oxygen atoms in total. The van der Waals surface area contributed by atoms with Crippen LogP contribution < -0.4 is 0 Å². The van der Waals surface area contributed by atoms with Crippen molar-refractivity contribution in [3.05, 3.63) is 21.8 Å². The van der Waals surface area contributed by atoms with Gasteiger partial charge < -0.3 is 4.74 Å². The summed E-state index contributed by atoms with van der Waals surface area (Å²) in [5, 5.41) is 15.2. The van der Waals surface area contributed by atoms with E-state index in [2.05, 4.69) is 20.6 Å². The maximum absolute atomic E-state index is 11.5. The van der Waals surface area contributed by atoms with E-state index in [0.717, 1.165) is 9.39 Å². The molecule has 9 heteroatoms. The van der Waals surface area contributed by atoms with Gasteiger partial charge in [0.2, 0.25) is 0 Å². The van der Waals surface area contributed by atoms with Crippen molar-refractivity contribution in [2.45, 2.75) is 13.0 Å². The predicted octanol–water partition coefficient (Wildman–Crippen LogP) is -0.203. The molecule has 0 saturated heterocycles. The maximum atomic E-state index is 11.5. The van der Waals surface area contributed by atoms with Crippen LogP contribution in [0.25, 0.3) is 0 Å². The summed E-state index contributed by atoms with van der Waals surface area (Å²) in [6, 6.07) is 0. The molecular weight excluding hydrogens is 351 g/mol. The van der Waals surface area contributed by atoms with Crippen LogP contribution in [0.15, 0.2) is 12.4 Å². The van der Waals surface area contributed by atoms with Crippen molar-refractivity contribution in [1.29, 1.82) is 0 Å². The highest BCUT2D eigenvalue weighted by Gasteiger charge is 2.07. The van der Waals surface area contributed by atoms with Crippen molar-refractivity contribution in [1.82, 2.24) is 30.0 Å². The minimum Gasteiger partial charge on any atom is -0.464 e. The molecule has 0 fully saturated rings. The molecule has 0 aliphatic heterocycles. The van der Waals surface area contributed by atoms with E-state index in [1.807, 2.05) is 22.6 Å². The average molecular weight is 362 g/mol. The van der Waals surface area contributed by atoms with Crippen LogP contribution in [0.1, 0.15) is 5.69 Å². The lowest BCUT2D eigenvalue weighted by Crippen LogP contribution is -2.15. The lowest BCUT2D eigenvalue weighted by molar-refractivity contribution is -0.144. The van der Waals surface area contributed by atoms with E-state index < -0.39 is 0 Å². The first kappa shape index (κ1) is 12.9. The molecule has 2 aromatic rings. The average Bonchev–Trinajstić information content (AvgIpc) is 2.88. The number of esters is 1. The normalized spacial score (nSPS) is 10.6. The third kappa shape index (κ3) is 3.75. The molecule has 0 bridgehead atoms. The highest BCUT2D eigenvalue weighted by Crippen LogP contribution is 1.98. The number of carbonyl (C=O) groups is 1. The Balaban J connectivity index is 1.72. The Morgan fingerprint density at radius 3 is 2.83 bits per heavy atom. The molecule has 0 aliphatic carbocycles. The van der Waals surface area contributed by atoms with Crippen molar-refractivity contribution >= 4 is 28.6 Å². The number of carbonyl (C=O) groups excluding carboxylic acids is 1. The minimum atomic E-state index is -0.347. The van der Waals surface area contributed by atoms with Gasteiger partial charge in [0.25, 0.3) is 0 Å². The molecule has 0 unspecified atom stereocenters. The van der Waals surface area contributed by atoms with Gasteiger partial charge in [-0.15, -0.1) is 10.2 Å². The summed E-state index contributed by atoms with van der Waals surface area (Å²) < 4.78 is 8.84. The molecule has 0 N–H and O–H groups in total. The van der Waals surface area contributed by atoms with Crippen LogP contribution in [0.5, 0.6) is 0 Å². The SMILES string of the molecule is Cn1cc(CCOC(=O)Cn2cc(I)nn2)nn1. The molecule has 0 saturated carbocycles. The molecule has 96 valence electrons. The van der Waals surface area contributed by atoms with Gasteiger partial charge in [0.15, 0.2) is 0 Å². The second-order valence-electron chi connectivity index (χ2n) is 3.59. The van der Waals surface area contributed by atoms with E-state index >= 15 is 0 Å². The van der Waals surface area contributed by atoms with Crippen LogP contribution in [-0.2, 0) is 29.5 Å². The standard InChI is InChI=1S/C9H11IN6O2/c1-15-4-7(11-13-15)2-3-18-9(17)6-16-5-8(10)12-14-16/h4-5H,2-3,6H2,1H3. The monoisotopic (exact) mass is 362 g/mol. The maximum Gasteiger partial charge on any atom is 0.327 e. The number of rotatable bonds is 5. The molecule has 0 amide bonds. The second kappa shape index (κ2) is 5.89. The number of aryl methyl sites for hydroxylation is 1. The quantitative estimate of drug-likeness (QED) is 0.541. The predicted molar refractivity (Wildman–Crippen MR) is 68.4 cm³/mol. The van der Waals surface area contributed by atoms with E-state index in [4.69, 9.17) is 4.74 Å². The van der Waals surface area contributed by atoms with Gasteiger partial charge in [-0.25, -0.2) is 4.68 Å². The number of nitrogens with zero attached hydrogens (tertiary/aromatic N) is 6. The summed E-state index contributed by atoms with van der Waals surface area (Å²) in [6.07, 6.45) is 4.01. The Morgan fingerprint density at radius 2 is 2.22 bits per heavy atom. The number of hydrogen-bond acceptors (Lipinski definition) is 6. The molecule has 18 heavy (non-hydrogen) atoms. The van der Waals surface area contributed by atoms with Crippen LogP contribution in [0.3, 0.4) is 0 Å². The third-order valence-corrected chi connectivity index (χ3v) is 2.57. The first-order valence-corrected chi connectivity index (χ1v) is 6.28. The van der Waals surface area contributed by atoms with Crippen molar-refractivity contribution in [2.75, 3.05) is 6.61 Å². The van der Waals surface area contributed by atoms with Gasteiger partial charge in [0, 0.05) is 19.7 Å². The van der Waals surface area contributed by atoms with Gasteiger partial charge in [0.1, 0.15) is 10.2 Å². The zero-order valence-electron chi connectivity index (χ0n) is 9.65. The Labute approximate surface area is 116 Å². The van der Waals surface area contributed by atoms with Gasteiger partial charge in [-0.3, -0.25) is 9.48 Å². The summed E-state index contributed by atoms with van der Waals surface area (Å²) in [4.78, 5) is 11.5. The summed E-state index contributed by atoms with van der Waals surface area (Å²) in [5.74, 6) is -0.347. The van der Waals surface area contributed by atoms with Gasteiger partial charge in [0.05, 0.1) is 18.5 Å². The fourth-order valence-electron chi connectivity index (χ4n) is 1.31. The van der Waals surface area contributed by atoms with E-state index in [0.29, 0.717) is 6.42 Å². The molecule has 0 radical (unpaired) electrons. The van der Waals surface area contributed by atoms with Crippen molar-refractivity contribution in [2.24, 2.45) is 7.05 Å². The fourth-order valence-corrected chi connectivity index (χ4v) is 1.73. The van der Waals surface area contributed by atoms with Crippen molar-refractivity contribution < 1.29 is 9.53 Å². The van der Waals surface area contributed by atoms with Gasteiger partial charge in [-0.2, -0.15) is 0 Å². The molecular formula is C9H11IN6O2. The van der Waals surface area contributed by atoms with Gasteiger partial charge >= 0.3 is 5.97 Å². The minimum absolute atomic E-state index is 0.0659. The van der Waals surface area contributed by atoms with Crippen LogP contribution in [0, 0.1) is 3.70 Å². The smallest absolute Gasteiger partial charge is 0.327 e. The summed E-state index contributed by atoms with van der Waals surface area (Å²) in [6.45, 7) is 0.347. The first-order chi connectivity index (χ1) is 8.63. The summed E-state index contributed by atoms with van der Waals surface area (Å²) in [7, 11) is 1.79. The molecule has 2 heterocycles. The zero-order valence-corrected chi connectivity index (χ0v) is 11.8. The molecule has 0 atom stereocenters. The van der Waals surface area contributed by atoms with Crippen LogP contribution >= 0.6 is 22.6 Å². The van der Waals surface area contributed by atoms with Gasteiger partial charge in [-0.1, -0.05) is 10.4 Å². The lowest BCUT2D eigenvalue weighted by atomic mass is 10.3. The van der Waals surface area contributed by atoms with Crippen LogP contribution in [0.4, 0.5) is 0 Å². The third-order valence-electron chi connectivity index (χ3n) is 2.07. The number of ether oxygens (including phenoxy) is 1. The lowest BCUT2D eigenvalue weighted by Gasteiger charge is -2.02.